The zero-order valence-corrected chi connectivity index (χ0v) is 14.8. The van der Waals surface area contributed by atoms with Crippen molar-refractivity contribution in [1.29, 1.82) is 0 Å². The molecule has 2 rings (SSSR count). The molecular weight excluding hydrogens is 312 g/mol. The van der Waals surface area contributed by atoms with Crippen LogP contribution in [0, 0.1) is 0 Å². The second-order valence-electron chi connectivity index (χ2n) is 5.99. The Morgan fingerprint density at radius 3 is 2.48 bits per heavy atom. The molecule has 0 saturated carbocycles. The van der Waals surface area contributed by atoms with Gasteiger partial charge in [-0.15, -0.1) is 0 Å². The number of hydrogen-bond donors (Lipinski definition) is 0. The molecule has 1 amide bonds. The maximum atomic E-state index is 12.5. The van der Waals surface area contributed by atoms with Gasteiger partial charge in [-0.2, -0.15) is 4.31 Å². The third-order valence-corrected chi connectivity index (χ3v) is 6.32. The molecule has 1 aliphatic heterocycles. The number of rotatable bonds is 6. The van der Waals surface area contributed by atoms with E-state index >= 15 is 0 Å². The van der Waals surface area contributed by atoms with Crippen LogP contribution in [-0.4, -0.2) is 48.4 Å². The van der Waals surface area contributed by atoms with Crippen molar-refractivity contribution in [2.24, 2.45) is 0 Å². The third-order valence-electron chi connectivity index (χ3n) is 4.27. The largest absolute Gasteiger partial charge is 0.334 e. The zero-order chi connectivity index (χ0) is 16.9. The summed E-state index contributed by atoms with van der Waals surface area (Å²) in [5.74, 6) is 0.186. The van der Waals surface area contributed by atoms with Gasteiger partial charge in [0, 0.05) is 32.1 Å². The minimum atomic E-state index is -3.27. The maximum Gasteiger partial charge on any atom is 0.224 e. The van der Waals surface area contributed by atoms with E-state index in [1.807, 2.05) is 49.1 Å². The topological polar surface area (TPSA) is 57.7 Å². The molecule has 0 bridgehead atoms. The Balaban J connectivity index is 2.19. The molecule has 0 aliphatic carbocycles. The predicted octanol–water partition coefficient (Wildman–Crippen LogP) is 2.24. The van der Waals surface area contributed by atoms with E-state index in [-0.39, 0.29) is 24.1 Å². The Morgan fingerprint density at radius 1 is 1.17 bits per heavy atom. The van der Waals surface area contributed by atoms with E-state index in [0.29, 0.717) is 26.1 Å². The monoisotopic (exact) mass is 338 g/mol. The number of benzene rings is 1. The van der Waals surface area contributed by atoms with Gasteiger partial charge in [0.25, 0.3) is 0 Å². The van der Waals surface area contributed by atoms with Crippen LogP contribution in [0.4, 0.5) is 0 Å². The van der Waals surface area contributed by atoms with E-state index in [0.717, 1.165) is 12.0 Å². The maximum absolute atomic E-state index is 12.5. The minimum Gasteiger partial charge on any atom is -0.334 e. The normalized spacial score (nSPS) is 20.5. The van der Waals surface area contributed by atoms with Crippen LogP contribution in [0.5, 0.6) is 0 Å². The highest BCUT2D eigenvalue weighted by Crippen LogP contribution is 2.20. The van der Waals surface area contributed by atoms with Crippen molar-refractivity contribution < 1.29 is 13.2 Å². The lowest BCUT2D eigenvalue weighted by Crippen LogP contribution is -2.44. The van der Waals surface area contributed by atoms with Crippen molar-refractivity contribution >= 4 is 15.9 Å². The van der Waals surface area contributed by atoms with E-state index < -0.39 is 10.0 Å². The van der Waals surface area contributed by atoms with Crippen LogP contribution >= 0.6 is 0 Å². The van der Waals surface area contributed by atoms with Crippen LogP contribution in [0.3, 0.4) is 0 Å². The molecule has 23 heavy (non-hydrogen) atoms. The molecule has 0 radical (unpaired) electrons. The van der Waals surface area contributed by atoms with Crippen molar-refractivity contribution in [3.8, 4) is 0 Å². The summed E-state index contributed by atoms with van der Waals surface area (Å²) in [6.45, 7) is 5.10. The zero-order valence-electron chi connectivity index (χ0n) is 13.9. The molecule has 0 N–H and O–H groups in total. The van der Waals surface area contributed by atoms with Crippen molar-refractivity contribution in [2.75, 3.05) is 18.8 Å². The molecule has 1 unspecified atom stereocenters. The molecule has 128 valence electrons. The van der Waals surface area contributed by atoms with Crippen LogP contribution < -0.4 is 0 Å². The summed E-state index contributed by atoms with van der Waals surface area (Å²) in [4.78, 5) is 14.4. The van der Waals surface area contributed by atoms with Crippen molar-refractivity contribution in [3.63, 3.8) is 0 Å². The van der Waals surface area contributed by atoms with Gasteiger partial charge in [-0.1, -0.05) is 44.2 Å². The summed E-state index contributed by atoms with van der Waals surface area (Å²) in [6.07, 6.45) is 1.60. The molecule has 0 spiro atoms. The van der Waals surface area contributed by atoms with Gasteiger partial charge in [0.2, 0.25) is 15.9 Å². The SMILES string of the molecule is CCCS(=O)(=O)N1CCC(=O)N(Cc2ccccc2)C(CC)C1. The van der Waals surface area contributed by atoms with Gasteiger partial charge in [-0.3, -0.25) is 4.79 Å². The van der Waals surface area contributed by atoms with E-state index in [1.54, 1.807) is 0 Å². The first-order valence-electron chi connectivity index (χ1n) is 8.29. The summed E-state index contributed by atoms with van der Waals surface area (Å²) in [5, 5.41) is 0. The van der Waals surface area contributed by atoms with Gasteiger partial charge in [0.05, 0.1) is 5.75 Å². The Bertz CT molecular complexity index is 616. The van der Waals surface area contributed by atoms with Gasteiger partial charge in [0.15, 0.2) is 0 Å². The fourth-order valence-electron chi connectivity index (χ4n) is 2.98. The highest BCUT2D eigenvalue weighted by Gasteiger charge is 2.33. The van der Waals surface area contributed by atoms with Crippen molar-refractivity contribution in [2.45, 2.75) is 45.7 Å². The van der Waals surface area contributed by atoms with E-state index in [9.17, 15) is 13.2 Å². The lowest BCUT2D eigenvalue weighted by molar-refractivity contribution is -0.133. The Labute approximate surface area is 139 Å². The highest BCUT2D eigenvalue weighted by atomic mass is 32.2. The molecular formula is C17H26N2O3S. The van der Waals surface area contributed by atoms with Gasteiger partial charge < -0.3 is 4.90 Å². The van der Waals surface area contributed by atoms with Crippen LogP contribution in [0.15, 0.2) is 30.3 Å². The molecule has 1 fully saturated rings. The molecule has 6 heteroatoms. The van der Waals surface area contributed by atoms with Gasteiger partial charge in [0.1, 0.15) is 0 Å². The first-order valence-corrected chi connectivity index (χ1v) is 9.90. The fourth-order valence-corrected chi connectivity index (χ4v) is 4.52. The summed E-state index contributed by atoms with van der Waals surface area (Å²) in [7, 11) is -3.27. The van der Waals surface area contributed by atoms with E-state index in [1.165, 1.54) is 4.31 Å². The molecule has 5 nitrogen and oxygen atoms in total. The first kappa shape index (κ1) is 17.9. The number of nitrogens with zero attached hydrogens (tertiary/aromatic N) is 2. The number of sulfonamides is 1. The van der Waals surface area contributed by atoms with Crippen LogP contribution in [0.2, 0.25) is 0 Å². The minimum absolute atomic E-state index is 0.0369. The molecule has 1 aliphatic rings. The number of carbonyl (C=O) groups excluding carboxylic acids is 1. The average molecular weight is 338 g/mol. The Kier molecular flexibility index (Phi) is 6.18. The summed E-state index contributed by atoms with van der Waals surface area (Å²) >= 11 is 0. The lowest BCUT2D eigenvalue weighted by atomic mass is 10.1. The average Bonchev–Trinajstić information content (AvgIpc) is 2.69. The predicted molar refractivity (Wildman–Crippen MR) is 91.3 cm³/mol. The van der Waals surface area contributed by atoms with Crippen molar-refractivity contribution in [3.05, 3.63) is 35.9 Å². The van der Waals surface area contributed by atoms with Gasteiger partial charge in [-0.05, 0) is 18.4 Å². The number of amides is 1. The first-order chi connectivity index (χ1) is 11.0. The van der Waals surface area contributed by atoms with Crippen LogP contribution in [0.1, 0.15) is 38.7 Å². The van der Waals surface area contributed by atoms with E-state index in [4.69, 9.17) is 0 Å². The van der Waals surface area contributed by atoms with E-state index in [2.05, 4.69) is 0 Å². The third kappa shape index (κ3) is 4.54. The standard InChI is InChI=1S/C17H26N2O3S/c1-3-12-23(21,22)18-11-10-17(20)19(16(4-2)14-18)13-15-8-6-5-7-9-15/h5-9,16H,3-4,10-14H2,1-2H3. The quantitative estimate of drug-likeness (QED) is 0.799. The second kappa shape index (κ2) is 7.93. The van der Waals surface area contributed by atoms with Crippen LogP contribution in [-0.2, 0) is 21.4 Å². The highest BCUT2D eigenvalue weighted by molar-refractivity contribution is 7.89. The van der Waals surface area contributed by atoms with Crippen LogP contribution in [0.25, 0.3) is 0 Å². The smallest absolute Gasteiger partial charge is 0.224 e. The number of carbonyl (C=O) groups is 1. The molecule has 1 heterocycles. The lowest BCUT2D eigenvalue weighted by Gasteiger charge is -2.31. The van der Waals surface area contributed by atoms with Crippen molar-refractivity contribution in [1.82, 2.24) is 9.21 Å². The molecule has 1 aromatic carbocycles. The molecule has 0 aromatic heterocycles. The molecule has 1 aromatic rings. The Hall–Kier alpha value is -1.40. The van der Waals surface area contributed by atoms with Gasteiger partial charge >= 0.3 is 0 Å². The second-order valence-corrected chi connectivity index (χ2v) is 8.08. The van der Waals surface area contributed by atoms with Gasteiger partial charge in [-0.25, -0.2) is 8.42 Å². The summed E-state index contributed by atoms with van der Waals surface area (Å²) in [6, 6.07) is 9.78. The summed E-state index contributed by atoms with van der Waals surface area (Å²) < 4.78 is 26.2. The molecule has 1 saturated heterocycles. The Morgan fingerprint density at radius 2 is 1.87 bits per heavy atom. The summed E-state index contributed by atoms with van der Waals surface area (Å²) in [5.41, 5.74) is 1.07. The molecule has 1 atom stereocenters. The fraction of sp³-hybridized carbons (Fsp3) is 0.588. The number of hydrogen-bond acceptors (Lipinski definition) is 3.